The van der Waals surface area contributed by atoms with Crippen LogP contribution in [-0.2, 0) is 6.18 Å². The van der Waals surface area contributed by atoms with E-state index in [2.05, 4.69) is 25.5 Å². The number of halogens is 3. The lowest BCUT2D eigenvalue weighted by Crippen LogP contribution is -2.46. The summed E-state index contributed by atoms with van der Waals surface area (Å²) in [5.41, 5.74) is 0.365. The Balaban J connectivity index is 1.19. The molecular formula is C24H26F3N7O. The number of anilines is 3. The Labute approximate surface area is 200 Å². The van der Waals surface area contributed by atoms with Crippen LogP contribution in [0.15, 0.2) is 42.6 Å². The van der Waals surface area contributed by atoms with E-state index in [9.17, 15) is 18.0 Å². The highest BCUT2D eigenvalue weighted by Gasteiger charge is 2.32. The fourth-order valence-corrected chi connectivity index (χ4v) is 4.35. The van der Waals surface area contributed by atoms with Crippen molar-refractivity contribution >= 4 is 23.5 Å². The molecule has 1 aromatic carbocycles. The number of benzene rings is 1. The summed E-state index contributed by atoms with van der Waals surface area (Å²) in [5.74, 6) is 2.09. The SMILES string of the molecule is CN(c1nccc(Nc2cc(C3CC3)[nH]n2)n1)C1CCN(C(=O)c2cccc(C(F)(F)F)c2)CC1. The molecule has 0 spiro atoms. The maximum absolute atomic E-state index is 13.0. The molecule has 184 valence electrons. The molecule has 2 N–H and O–H groups in total. The average molecular weight is 486 g/mol. The van der Waals surface area contributed by atoms with E-state index < -0.39 is 11.7 Å². The number of likely N-dealkylation sites (tertiary alicyclic amines) is 1. The van der Waals surface area contributed by atoms with Crippen LogP contribution >= 0.6 is 0 Å². The number of nitrogens with one attached hydrogen (secondary N) is 2. The summed E-state index contributed by atoms with van der Waals surface area (Å²) in [6, 6.07) is 8.46. The molecule has 1 saturated heterocycles. The minimum Gasteiger partial charge on any atom is -0.341 e. The summed E-state index contributed by atoms with van der Waals surface area (Å²) in [7, 11) is 1.91. The van der Waals surface area contributed by atoms with Gasteiger partial charge in [0, 0.05) is 55.6 Å². The molecule has 5 rings (SSSR count). The number of nitrogens with zero attached hydrogens (tertiary/aromatic N) is 5. The Morgan fingerprint density at radius 3 is 2.60 bits per heavy atom. The second-order valence-corrected chi connectivity index (χ2v) is 9.06. The monoisotopic (exact) mass is 485 g/mol. The first kappa shape index (κ1) is 23.1. The largest absolute Gasteiger partial charge is 0.416 e. The molecule has 3 heterocycles. The number of hydrogen-bond acceptors (Lipinski definition) is 6. The van der Waals surface area contributed by atoms with Gasteiger partial charge in [0.05, 0.1) is 5.56 Å². The third-order valence-corrected chi connectivity index (χ3v) is 6.57. The van der Waals surface area contributed by atoms with Crippen LogP contribution in [0.2, 0.25) is 0 Å². The molecule has 1 aliphatic heterocycles. The fourth-order valence-electron chi connectivity index (χ4n) is 4.35. The van der Waals surface area contributed by atoms with Gasteiger partial charge in [0.25, 0.3) is 5.91 Å². The van der Waals surface area contributed by atoms with Crippen LogP contribution in [-0.4, -0.2) is 57.2 Å². The molecule has 2 aromatic heterocycles. The van der Waals surface area contributed by atoms with Gasteiger partial charge in [-0.25, -0.2) is 4.98 Å². The zero-order valence-corrected chi connectivity index (χ0v) is 19.2. The number of hydrogen-bond donors (Lipinski definition) is 2. The summed E-state index contributed by atoms with van der Waals surface area (Å²) in [6.45, 7) is 0.887. The van der Waals surface area contributed by atoms with Gasteiger partial charge in [-0.2, -0.15) is 23.3 Å². The first-order valence-corrected chi connectivity index (χ1v) is 11.6. The molecule has 3 aromatic rings. The summed E-state index contributed by atoms with van der Waals surface area (Å²) >= 11 is 0. The zero-order valence-electron chi connectivity index (χ0n) is 19.2. The molecule has 0 bridgehead atoms. The molecule has 2 aliphatic rings. The average Bonchev–Trinajstić information content (AvgIpc) is 3.62. The number of aromatic nitrogens is 4. The van der Waals surface area contributed by atoms with Crippen molar-refractivity contribution in [3.8, 4) is 0 Å². The number of piperidine rings is 1. The topological polar surface area (TPSA) is 90.0 Å². The van der Waals surface area contributed by atoms with Crippen molar-refractivity contribution in [1.82, 2.24) is 25.1 Å². The van der Waals surface area contributed by atoms with Gasteiger partial charge in [0.1, 0.15) is 5.82 Å². The van der Waals surface area contributed by atoms with E-state index in [1.807, 2.05) is 18.0 Å². The highest BCUT2D eigenvalue weighted by Crippen LogP contribution is 2.39. The van der Waals surface area contributed by atoms with Gasteiger partial charge in [0.2, 0.25) is 5.95 Å². The van der Waals surface area contributed by atoms with Gasteiger partial charge in [-0.05, 0) is 49.9 Å². The van der Waals surface area contributed by atoms with Crippen LogP contribution in [0.1, 0.15) is 53.2 Å². The fraction of sp³-hybridized carbons (Fsp3) is 0.417. The molecule has 8 nitrogen and oxygen atoms in total. The zero-order chi connectivity index (χ0) is 24.6. The van der Waals surface area contributed by atoms with Gasteiger partial charge in [-0.15, -0.1) is 0 Å². The second-order valence-electron chi connectivity index (χ2n) is 9.06. The lowest BCUT2D eigenvalue weighted by molar-refractivity contribution is -0.137. The molecule has 0 radical (unpaired) electrons. The number of carbonyl (C=O) groups excluding carboxylic acids is 1. The van der Waals surface area contributed by atoms with Gasteiger partial charge in [-0.3, -0.25) is 9.89 Å². The predicted octanol–water partition coefficient (Wildman–Crippen LogP) is 4.58. The first-order valence-electron chi connectivity index (χ1n) is 11.6. The van der Waals surface area contributed by atoms with Crippen molar-refractivity contribution in [2.75, 3.05) is 30.4 Å². The summed E-state index contributed by atoms with van der Waals surface area (Å²) in [5, 5.41) is 10.6. The number of carbonyl (C=O) groups is 1. The molecule has 1 aliphatic carbocycles. The third kappa shape index (κ3) is 5.23. The highest BCUT2D eigenvalue weighted by molar-refractivity contribution is 5.94. The number of alkyl halides is 3. The van der Waals surface area contributed by atoms with Crippen LogP contribution in [0.25, 0.3) is 0 Å². The molecule has 35 heavy (non-hydrogen) atoms. The van der Waals surface area contributed by atoms with Crippen molar-refractivity contribution in [1.29, 1.82) is 0 Å². The van der Waals surface area contributed by atoms with E-state index in [1.54, 1.807) is 17.2 Å². The molecule has 0 atom stereocenters. The molecule has 2 fully saturated rings. The van der Waals surface area contributed by atoms with Crippen LogP contribution in [0.4, 0.5) is 30.8 Å². The lowest BCUT2D eigenvalue weighted by Gasteiger charge is -2.36. The first-order chi connectivity index (χ1) is 16.8. The standard InChI is InChI=1S/C24H26F3N7O/c1-33(23-28-10-7-20(30-23)29-21-14-19(31-32-21)15-5-6-15)18-8-11-34(12-9-18)22(35)16-3-2-4-17(13-16)24(25,26)27/h2-4,7,10,13-15,18H,5-6,8-9,11-12H2,1H3,(H2,28,29,30,31,32). The van der Waals surface area contributed by atoms with Crippen LogP contribution in [0.5, 0.6) is 0 Å². The number of rotatable bonds is 6. The lowest BCUT2D eigenvalue weighted by atomic mass is 10.0. The van der Waals surface area contributed by atoms with E-state index in [1.165, 1.54) is 25.0 Å². The van der Waals surface area contributed by atoms with Gasteiger partial charge >= 0.3 is 6.18 Å². The van der Waals surface area contributed by atoms with Gasteiger partial charge < -0.3 is 15.1 Å². The van der Waals surface area contributed by atoms with E-state index in [-0.39, 0.29) is 17.5 Å². The van der Waals surface area contributed by atoms with E-state index in [0.29, 0.717) is 49.4 Å². The van der Waals surface area contributed by atoms with Gasteiger partial charge in [0.15, 0.2) is 5.82 Å². The van der Waals surface area contributed by atoms with Crippen LogP contribution < -0.4 is 10.2 Å². The maximum atomic E-state index is 13.0. The predicted molar refractivity (Wildman–Crippen MR) is 125 cm³/mol. The third-order valence-electron chi connectivity index (χ3n) is 6.57. The van der Waals surface area contributed by atoms with E-state index in [0.717, 1.165) is 17.8 Å². The minimum atomic E-state index is -4.48. The quantitative estimate of drug-likeness (QED) is 0.531. The number of aromatic amines is 1. The van der Waals surface area contributed by atoms with Crippen molar-refractivity contribution in [3.63, 3.8) is 0 Å². The highest BCUT2D eigenvalue weighted by atomic mass is 19.4. The van der Waals surface area contributed by atoms with Crippen molar-refractivity contribution in [3.05, 3.63) is 59.4 Å². The number of amides is 1. The Morgan fingerprint density at radius 1 is 1.11 bits per heavy atom. The van der Waals surface area contributed by atoms with Gasteiger partial charge in [-0.1, -0.05) is 6.07 Å². The van der Waals surface area contributed by atoms with Crippen molar-refractivity contribution in [2.24, 2.45) is 0 Å². The van der Waals surface area contributed by atoms with Crippen LogP contribution in [0, 0.1) is 0 Å². The minimum absolute atomic E-state index is 0.0527. The maximum Gasteiger partial charge on any atom is 0.416 e. The molecule has 11 heteroatoms. The molecule has 0 unspecified atom stereocenters. The normalized spacial score (nSPS) is 16.9. The van der Waals surface area contributed by atoms with E-state index in [4.69, 9.17) is 0 Å². The van der Waals surface area contributed by atoms with Crippen molar-refractivity contribution < 1.29 is 18.0 Å². The Morgan fingerprint density at radius 2 is 1.89 bits per heavy atom. The Hall–Kier alpha value is -3.63. The van der Waals surface area contributed by atoms with Crippen LogP contribution in [0.3, 0.4) is 0 Å². The summed E-state index contributed by atoms with van der Waals surface area (Å²) in [6.07, 6.45) is 0.898. The molecule has 1 saturated carbocycles. The van der Waals surface area contributed by atoms with Crippen molar-refractivity contribution in [2.45, 2.75) is 43.8 Å². The summed E-state index contributed by atoms with van der Waals surface area (Å²) in [4.78, 5) is 25.4. The Bertz CT molecular complexity index is 1200. The van der Waals surface area contributed by atoms with E-state index >= 15 is 0 Å². The molecule has 1 amide bonds. The summed E-state index contributed by atoms with van der Waals surface area (Å²) < 4.78 is 39.0. The Kier molecular flexibility index (Phi) is 6.08. The molecular weight excluding hydrogens is 459 g/mol. The second kappa shape index (κ2) is 9.20. The smallest absolute Gasteiger partial charge is 0.341 e. The number of H-pyrrole nitrogens is 1.